The van der Waals surface area contributed by atoms with Crippen LogP contribution in [0.25, 0.3) is 0 Å². The number of benzene rings is 1. The van der Waals surface area contributed by atoms with Gasteiger partial charge in [0.1, 0.15) is 5.56 Å². The SMILES string of the molecule is CC(C)Oc1nn(CCO)cc1C(=O)NCc1ccc(C(F)(F)F)cc1. The Kier molecular flexibility index (Phi) is 6.25. The standard InChI is InChI=1S/C17H20F3N3O3/c1-11(2)26-16-14(10-23(22-16)7-8-24)15(25)21-9-12-3-5-13(6-4-12)17(18,19)20/h3-6,10-11,24H,7-9H2,1-2H3,(H,21,25). The molecule has 26 heavy (non-hydrogen) atoms. The van der Waals surface area contributed by atoms with E-state index in [2.05, 4.69) is 10.4 Å². The Morgan fingerprint density at radius 1 is 1.31 bits per heavy atom. The minimum absolute atomic E-state index is 0.0588. The molecule has 0 spiro atoms. The summed E-state index contributed by atoms with van der Waals surface area (Å²) in [6.07, 6.45) is -3.14. The first-order valence-electron chi connectivity index (χ1n) is 8.00. The maximum Gasteiger partial charge on any atom is 0.416 e. The molecule has 0 saturated carbocycles. The van der Waals surface area contributed by atoms with Crippen LogP contribution in [0.1, 0.15) is 35.3 Å². The molecule has 0 radical (unpaired) electrons. The van der Waals surface area contributed by atoms with Gasteiger partial charge in [0.25, 0.3) is 5.91 Å². The maximum atomic E-state index is 12.6. The maximum absolute atomic E-state index is 12.6. The molecule has 142 valence electrons. The van der Waals surface area contributed by atoms with Crippen LogP contribution in [0.2, 0.25) is 0 Å². The first kappa shape index (κ1) is 19.8. The van der Waals surface area contributed by atoms with Crippen LogP contribution in [-0.2, 0) is 19.3 Å². The fourth-order valence-electron chi connectivity index (χ4n) is 2.18. The summed E-state index contributed by atoms with van der Waals surface area (Å²) in [6, 6.07) is 4.55. The number of amides is 1. The number of halogens is 3. The van der Waals surface area contributed by atoms with Crippen LogP contribution < -0.4 is 10.1 Å². The van der Waals surface area contributed by atoms with Gasteiger partial charge in [0.2, 0.25) is 5.88 Å². The highest BCUT2D eigenvalue weighted by Crippen LogP contribution is 2.29. The number of aliphatic hydroxyl groups excluding tert-OH is 1. The monoisotopic (exact) mass is 371 g/mol. The third-order valence-corrected chi connectivity index (χ3v) is 3.38. The van der Waals surface area contributed by atoms with Gasteiger partial charge in [-0.25, -0.2) is 0 Å². The minimum atomic E-state index is -4.40. The predicted octanol–water partition coefficient (Wildman–Crippen LogP) is 2.61. The fraction of sp³-hybridized carbons (Fsp3) is 0.412. The lowest BCUT2D eigenvalue weighted by Gasteiger charge is -2.10. The van der Waals surface area contributed by atoms with Crippen molar-refractivity contribution in [1.29, 1.82) is 0 Å². The molecule has 2 N–H and O–H groups in total. The molecule has 6 nitrogen and oxygen atoms in total. The number of hydrogen-bond donors (Lipinski definition) is 2. The summed E-state index contributed by atoms with van der Waals surface area (Å²) in [4.78, 5) is 12.4. The van der Waals surface area contributed by atoms with E-state index >= 15 is 0 Å². The minimum Gasteiger partial charge on any atom is -0.473 e. The lowest BCUT2D eigenvalue weighted by molar-refractivity contribution is -0.137. The molecule has 0 bridgehead atoms. The first-order valence-corrected chi connectivity index (χ1v) is 8.00. The van der Waals surface area contributed by atoms with Crippen molar-refractivity contribution < 1.29 is 27.8 Å². The van der Waals surface area contributed by atoms with E-state index in [0.29, 0.717) is 5.56 Å². The second-order valence-corrected chi connectivity index (χ2v) is 5.88. The molecule has 0 aliphatic heterocycles. The molecule has 1 aromatic heterocycles. The third kappa shape index (κ3) is 5.22. The lowest BCUT2D eigenvalue weighted by atomic mass is 10.1. The van der Waals surface area contributed by atoms with Crippen LogP contribution in [-0.4, -0.2) is 33.5 Å². The third-order valence-electron chi connectivity index (χ3n) is 3.38. The summed E-state index contributed by atoms with van der Waals surface area (Å²) in [5.41, 5.74) is -0.0232. The number of nitrogens with one attached hydrogen (secondary N) is 1. The van der Waals surface area contributed by atoms with Gasteiger partial charge in [0.05, 0.1) is 24.8 Å². The quantitative estimate of drug-likeness (QED) is 0.785. The van der Waals surface area contributed by atoms with Crippen molar-refractivity contribution in [2.24, 2.45) is 0 Å². The average Bonchev–Trinajstić information content (AvgIpc) is 2.94. The van der Waals surface area contributed by atoms with Crippen LogP contribution in [0.15, 0.2) is 30.5 Å². The molecule has 9 heteroatoms. The van der Waals surface area contributed by atoms with Crippen molar-refractivity contribution in [3.05, 3.63) is 47.2 Å². The molecule has 0 atom stereocenters. The summed E-state index contributed by atoms with van der Waals surface area (Å²) in [7, 11) is 0. The smallest absolute Gasteiger partial charge is 0.416 e. The number of hydrogen-bond acceptors (Lipinski definition) is 4. The van der Waals surface area contributed by atoms with E-state index in [1.807, 2.05) is 0 Å². The molecule has 0 aliphatic carbocycles. The number of carbonyl (C=O) groups excluding carboxylic acids is 1. The molecule has 0 fully saturated rings. The Morgan fingerprint density at radius 2 is 1.96 bits per heavy atom. The topological polar surface area (TPSA) is 76.4 Å². The Morgan fingerprint density at radius 3 is 2.50 bits per heavy atom. The van der Waals surface area contributed by atoms with Crippen molar-refractivity contribution in [1.82, 2.24) is 15.1 Å². The molecule has 1 amide bonds. The van der Waals surface area contributed by atoms with E-state index in [4.69, 9.17) is 9.84 Å². The largest absolute Gasteiger partial charge is 0.473 e. The van der Waals surface area contributed by atoms with Crippen molar-refractivity contribution in [2.45, 2.75) is 39.2 Å². The summed E-state index contributed by atoms with van der Waals surface area (Å²) in [5.74, 6) is -0.330. The summed E-state index contributed by atoms with van der Waals surface area (Å²) in [6.45, 7) is 3.70. The second-order valence-electron chi connectivity index (χ2n) is 5.88. The molecule has 0 aliphatic rings. The van der Waals surface area contributed by atoms with E-state index in [9.17, 15) is 18.0 Å². The Balaban J connectivity index is 2.07. The molecule has 1 aromatic carbocycles. The number of carbonyl (C=O) groups is 1. The summed E-state index contributed by atoms with van der Waals surface area (Å²) >= 11 is 0. The van der Waals surface area contributed by atoms with E-state index in [0.717, 1.165) is 12.1 Å². The van der Waals surface area contributed by atoms with E-state index in [1.54, 1.807) is 13.8 Å². The molecule has 2 rings (SSSR count). The van der Waals surface area contributed by atoms with Gasteiger partial charge in [-0.15, -0.1) is 5.10 Å². The molecule has 2 aromatic rings. The van der Waals surface area contributed by atoms with Gasteiger partial charge in [-0.3, -0.25) is 9.48 Å². The number of rotatable bonds is 7. The highest BCUT2D eigenvalue weighted by atomic mass is 19.4. The van der Waals surface area contributed by atoms with Gasteiger partial charge in [0.15, 0.2) is 0 Å². The molecular formula is C17H20F3N3O3. The fourth-order valence-corrected chi connectivity index (χ4v) is 2.18. The Bertz CT molecular complexity index is 740. The van der Waals surface area contributed by atoms with E-state index < -0.39 is 17.6 Å². The molecule has 0 saturated heterocycles. The Labute approximate surface area is 148 Å². The van der Waals surface area contributed by atoms with Gasteiger partial charge in [-0.1, -0.05) is 12.1 Å². The highest BCUT2D eigenvalue weighted by molar-refractivity contribution is 5.96. The number of nitrogens with zero attached hydrogens (tertiary/aromatic N) is 2. The zero-order chi connectivity index (χ0) is 19.3. The van der Waals surface area contributed by atoms with Crippen molar-refractivity contribution in [3.8, 4) is 5.88 Å². The van der Waals surface area contributed by atoms with Crippen LogP contribution in [0.4, 0.5) is 13.2 Å². The van der Waals surface area contributed by atoms with Crippen LogP contribution in [0.5, 0.6) is 5.88 Å². The first-order chi connectivity index (χ1) is 12.2. The van der Waals surface area contributed by atoms with Gasteiger partial charge in [0, 0.05) is 12.7 Å². The molecule has 0 unspecified atom stereocenters. The zero-order valence-electron chi connectivity index (χ0n) is 14.4. The Hall–Kier alpha value is -2.55. The van der Waals surface area contributed by atoms with E-state index in [1.165, 1.54) is 23.0 Å². The summed E-state index contributed by atoms with van der Waals surface area (Å²) in [5, 5.41) is 15.7. The van der Waals surface area contributed by atoms with Gasteiger partial charge in [-0.05, 0) is 31.5 Å². The van der Waals surface area contributed by atoms with Gasteiger partial charge >= 0.3 is 6.18 Å². The van der Waals surface area contributed by atoms with Crippen molar-refractivity contribution >= 4 is 5.91 Å². The highest BCUT2D eigenvalue weighted by Gasteiger charge is 2.29. The predicted molar refractivity (Wildman–Crippen MR) is 87.7 cm³/mol. The number of alkyl halides is 3. The molecule has 1 heterocycles. The van der Waals surface area contributed by atoms with Gasteiger partial charge < -0.3 is 15.2 Å². The van der Waals surface area contributed by atoms with Crippen LogP contribution in [0, 0.1) is 0 Å². The lowest BCUT2D eigenvalue weighted by Crippen LogP contribution is -2.23. The van der Waals surface area contributed by atoms with Crippen LogP contribution >= 0.6 is 0 Å². The van der Waals surface area contributed by atoms with E-state index in [-0.39, 0.29) is 37.2 Å². The number of aliphatic hydroxyl groups is 1. The normalized spacial score (nSPS) is 11.7. The van der Waals surface area contributed by atoms with Gasteiger partial charge in [-0.2, -0.15) is 13.2 Å². The molecular weight excluding hydrogens is 351 g/mol. The summed E-state index contributed by atoms with van der Waals surface area (Å²) < 4.78 is 44.6. The number of ether oxygens (including phenoxy) is 1. The zero-order valence-corrected chi connectivity index (χ0v) is 14.4. The van der Waals surface area contributed by atoms with Crippen molar-refractivity contribution in [2.75, 3.05) is 6.61 Å². The second kappa shape index (κ2) is 8.22. The average molecular weight is 371 g/mol. The van der Waals surface area contributed by atoms with Crippen molar-refractivity contribution in [3.63, 3.8) is 0 Å². The number of aromatic nitrogens is 2. The van der Waals surface area contributed by atoms with Crippen LogP contribution in [0.3, 0.4) is 0 Å².